The van der Waals surface area contributed by atoms with Gasteiger partial charge in [-0.1, -0.05) is 0 Å². The van der Waals surface area contributed by atoms with Gasteiger partial charge < -0.3 is 15.4 Å². The summed E-state index contributed by atoms with van der Waals surface area (Å²) in [6.07, 6.45) is 1.32. The molecule has 1 aliphatic rings. The summed E-state index contributed by atoms with van der Waals surface area (Å²) in [6.45, 7) is 2.55. The van der Waals surface area contributed by atoms with Crippen LogP contribution in [0.3, 0.4) is 0 Å². The van der Waals surface area contributed by atoms with Gasteiger partial charge in [-0.2, -0.15) is 11.3 Å². The minimum absolute atomic E-state index is 0.0301. The Morgan fingerprint density at radius 1 is 1.42 bits per heavy atom. The second-order valence-electron chi connectivity index (χ2n) is 4.55. The summed E-state index contributed by atoms with van der Waals surface area (Å²) in [6, 6.07) is 1.76. The van der Waals surface area contributed by atoms with Gasteiger partial charge in [0.2, 0.25) is 5.91 Å². The van der Waals surface area contributed by atoms with Crippen molar-refractivity contribution in [1.29, 1.82) is 0 Å². The number of carbonyl (C=O) groups is 2. The number of rotatable bonds is 6. The molecule has 0 saturated carbocycles. The van der Waals surface area contributed by atoms with Gasteiger partial charge in [-0.15, -0.1) is 0 Å². The van der Waals surface area contributed by atoms with Crippen LogP contribution in [0.15, 0.2) is 16.8 Å². The Kier molecular flexibility index (Phi) is 5.35. The molecule has 1 fully saturated rings. The highest BCUT2D eigenvalue weighted by Gasteiger charge is 2.16. The summed E-state index contributed by atoms with van der Waals surface area (Å²) >= 11 is 1.48. The summed E-state index contributed by atoms with van der Waals surface area (Å²) in [4.78, 5) is 23.2. The Hall–Kier alpha value is -1.40. The summed E-state index contributed by atoms with van der Waals surface area (Å²) in [5, 5.41) is 9.23. The SMILES string of the molecule is O=C(CCNC(=O)c1ccsc1)NC[C@@H]1CCOC1. The van der Waals surface area contributed by atoms with E-state index in [1.807, 2.05) is 5.38 Å². The molecule has 2 amide bonds. The number of carbonyl (C=O) groups excluding carboxylic acids is 2. The zero-order valence-corrected chi connectivity index (χ0v) is 11.5. The van der Waals surface area contributed by atoms with Gasteiger partial charge in [-0.3, -0.25) is 9.59 Å². The maximum atomic E-state index is 11.6. The predicted molar refractivity (Wildman–Crippen MR) is 73.2 cm³/mol. The van der Waals surface area contributed by atoms with E-state index in [-0.39, 0.29) is 11.8 Å². The fourth-order valence-corrected chi connectivity index (χ4v) is 2.51. The lowest BCUT2D eigenvalue weighted by atomic mass is 10.1. The largest absolute Gasteiger partial charge is 0.381 e. The lowest BCUT2D eigenvalue weighted by molar-refractivity contribution is -0.121. The quantitative estimate of drug-likeness (QED) is 0.818. The maximum absolute atomic E-state index is 11.6. The smallest absolute Gasteiger partial charge is 0.252 e. The minimum atomic E-state index is -0.127. The summed E-state index contributed by atoms with van der Waals surface area (Å²) < 4.78 is 5.24. The molecule has 0 bridgehead atoms. The first-order valence-electron chi connectivity index (χ1n) is 6.40. The van der Waals surface area contributed by atoms with Crippen LogP contribution in [0.4, 0.5) is 0 Å². The Morgan fingerprint density at radius 3 is 3.00 bits per heavy atom. The van der Waals surface area contributed by atoms with Crippen LogP contribution in [0.5, 0.6) is 0 Å². The van der Waals surface area contributed by atoms with Gasteiger partial charge in [0.1, 0.15) is 0 Å². The van der Waals surface area contributed by atoms with Gasteiger partial charge in [-0.05, 0) is 17.9 Å². The zero-order chi connectivity index (χ0) is 13.5. The van der Waals surface area contributed by atoms with Gasteiger partial charge >= 0.3 is 0 Å². The van der Waals surface area contributed by atoms with Crippen molar-refractivity contribution in [1.82, 2.24) is 10.6 Å². The van der Waals surface area contributed by atoms with Gasteiger partial charge in [0.15, 0.2) is 0 Å². The van der Waals surface area contributed by atoms with Crippen molar-refractivity contribution >= 4 is 23.2 Å². The average Bonchev–Trinajstić information content (AvgIpc) is 3.09. The number of amides is 2. The maximum Gasteiger partial charge on any atom is 0.252 e. The van der Waals surface area contributed by atoms with Crippen LogP contribution in [0.1, 0.15) is 23.2 Å². The third kappa shape index (κ3) is 4.65. The molecular formula is C13H18N2O3S. The lowest BCUT2D eigenvalue weighted by Gasteiger charge is -2.09. The Labute approximate surface area is 116 Å². The van der Waals surface area contributed by atoms with Crippen LogP contribution in [0.25, 0.3) is 0 Å². The number of nitrogens with one attached hydrogen (secondary N) is 2. The van der Waals surface area contributed by atoms with E-state index >= 15 is 0 Å². The van der Waals surface area contributed by atoms with E-state index in [2.05, 4.69) is 10.6 Å². The molecular weight excluding hydrogens is 264 g/mol. The molecule has 1 saturated heterocycles. The molecule has 5 nitrogen and oxygen atoms in total. The second-order valence-corrected chi connectivity index (χ2v) is 5.33. The molecule has 2 N–H and O–H groups in total. The topological polar surface area (TPSA) is 67.4 Å². The van der Waals surface area contributed by atoms with Crippen LogP contribution < -0.4 is 10.6 Å². The number of ether oxygens (including phenoxy) is 1. The second kappa shape index (κ2) is 7.25. The van der Waals surface area contributed by atoms with Crippen LogP contribution in [0.2, 0.25) is 0 Å². The Bertz CT molecular complexity index is 414. The van der Waals surface area contributed by atoms with Crippen LogP contribution >= 0.6 is 11.3 Å². The van der Waals surface area contributed by atoms with E-state index in [9.17, 15) is 9.59 Å². The van der Waals surface area contributed by atoms with Crippen molar-refractivity contribution in [3.05, 3.63) is 22.4 Å². The molecule has 104 valence electrons. The molecule has 0 aromatic carbocycles. The highest BCUT2D eigenvalue weighted by molar-refractivity contribution is 7.08. The van der Waals surface area contributed by atoms with Gasteiger partial charge in [-0.25, -0.2) is 0 Å². The summed E-state index contributed by atoms with van der Waals surface area (Å²) in [7, 11) is 0. The van der Waals surface area contributed by atoms with Crippen molar-refractivity contribution in [2.24, 2.45) is 5.92 Å². The molecule has 2 rings (SSSR count). The van der Waals surface area contributed by atoms with Crippen molar-refractivity contribution < 1.29 is 14.3 Å². The molecule has 1 atom stereocenters. The van der Waals surface area contributed by atoms with E-state index in [1.165, 1.54) is 11.3 Å². The Balaban J connectivity index is 1.57. The molecule has 1 aromatic heterocycles. The van der Waals surface area contributed by atoms with Gasteiger partial charge in [0, 0.05) is 43.0 Å². The summed E-state index contributed by atoms with van der Waals surface area (Å²) in [5.74, 6) is 0.278. The highest BCUT2D eigenvalue weighted by atomic mass is 32.1. The van der Waals surface area contributed by atoms with Crippen LogP contribution in [0, 0.1) is 5.92 Å². The fourth-order valence-electron chi connectivity index (χ4n) is 1.88. The first-order chi connectivity index (χ1) is 9.25. The third-order valence-electron chi connectivity index (χ3n) is 3.03. The number of hydrogen-bond acceptors (Lipinski definition) is 4. The molecule has 0 radical (unpaired) electrons. The van der Waals surface area contributed by atoms with E-state index in [0.29, 0.717) is 31.0 Å². The zero-order valence-electron chi connectivity index (χ0n) is 10.7. The minimum Gasteiger partial charge on any atom is -0.381 e. The molecule has 1 aromatic rings. The predicted octanol–water partition coefficient (Wildman–Crippen LogP) is 1.02. The molecule has 6 heteroatoms. The summed E-state index contributed by atoms with van der Waals surface area (Å²) in [5.41, 5.74) is 0.647. The molecule has 2 heterocycles. The standard InChI is InChI=1S/C13H18N2O3S/c16-12(15-7-10-2-5-18-8-10)1-4-14-13(17)11-3-6-19-9-11/h3,6,9-10H,1-2,4-5,7-8H2,(H,14,17)(H,15,16)/t10-/m0/s1. The van der Waals surface area contributed by atoms with E-state index < -0.39 is 0 Å². The van der Waals surface area contributed by atoms with Crippen molar-refractivity contribution in [2.45, 2.75) is 12.8 Å². The van der Waals surface area contributed by atoms with Gasteiger partial charge in [0.25, 0.3) is 5.91 Å². The van der Waals surface area contributed by atoms with E-state index in [4.69, 9.17) is 4.74 Å². The number of hydrogen-bond donors (Lipinski definition) is 2. The third-order valence-corrected chi connectivity index (χ3v) is 3.72. The molecule has 1 aliphatic heterocycles. The average molecular weight is 282 g/mol. The van der Waals surface area contributed by atoms with Crippen LogP contribution in [-0.2, 0) is 9.53 Å². The van der Waals surface area contributed by atoms with Gasteiger partial charge in [0.05, 0.1) is 6.61 Å². The first-order valence-corrected chi connectivity index (χ1v) is 7.35. The molecule has 0 aliphatic carbocycles. The normalized spacial score (nSPS) is 18.2. The van der Waals surface area contributed by atoms with Crippen molar-refractivity contribution in [3.8, 4) is 0 Å². The molecule has 0 unspecified atom stereocenters. The number of thiophene rings is 1. The molecule has 19 heavy (non-hydrogen) atoms. The van der Waals surface area contributed by atoms with Crippen molar-refractivity contribution in [2.75, 3.05) is 26.3 Å². The van der Waals surface area contributed by atoms with Crippen molar-refractivity contribution in [3.63, 3.8) is 0 Å². The fraction of sp³-hybridized carbons (Fsp3) is 0.538. The highest BCUT2D eigenvalue weighted by Crippen LogP contribution is 2.10. The van der Waals surface area contributed by atoms with Crippen LogP contribution in [-0.4, -0.2) is 38.1 Å². The first kappa shape index (κ1) is 14.0. The monoisotopic (exact) mass is 282 g/mol. The molecule has 0 spiro atoms. The Morgan fingerprint density at radius 2 is 2.32 bits per heavy atom. The van der Waals surface area contributed by atoms with E-state index in [1.54, 1.807) is 11.4 Å². The lowest BCUT2D eigenvalue weighted by Crippen LogP contribution is -2.33. The van der Waals surface area contributed by atoms with E-state index in [0.717, 1.165) is 19.6 Å².